The molecule has 3 aromatic rings. The molecule has 0 aromatic heterocycles. The van der Waals surface area contributed by atoms with Crippen molar-refractivity contribution < 1.29 is 19.1 Å². The van der Waals surface area contributed by atoms with E-state index in [-0.39, 0.29) is 24.3 Å². The predicted molar refractivity (Wildman–Crippen MR) is 124 cm³/mol. The zero-order valence-electron chi connectivity index (χ0n) is 18.1. The van der Waals surface area contributed by atoms with Crippen molar-refractivity contribution in [2.75, 3.05) is 0 Å². The Labute approximate surface area is 193 Å². The Morgan fingerprint density at radius 1 is 0.788 bits per heavy atom. The van der Waals surface area contributed by atoms with Crippen LogP contribution in [-0.2, 0) is 14.3 Å². The topological polar surface area (TPSA) is 84.5 Å². The largest absolute Gasteiger partial charge is 0.447 e. The maximum Gasteiger partial charge on any atom is 0.309 e. The van der Waals surface area contributed by atoms with Crippen molar-refractivity contribution in [1.29, 1.82) is 0 Å². The molecule has 1 fully saturated rings. The van der Waals surface area contributed by atoms with E-state index in [0.717, 1.165) is 18.4 Å². The molecule has 2 unspecified atom stereocenters. The summed E-state index contributed by atoms with van der Waals surface area (Å²) in [5.74, 6) is -1.19. The molecular formula is C27H26N2O4. The lowest BCUT2D eigenvalue weighted by molar-refractivity contribution is -0.157. The van der Waals surface area contributed by atoms with Gasteiger partial charge in [0.25, 0.3) is 11.8 Å². The minimum absolute atomic E-state index is 0.109. The highest BCUT2D eigenvalue weighted by molar-refractivity contribution is 5.94. The summed E-state index contributed by atoms with van der Waals surface area (Å²) in [5.41, 5.74) is 1.88. The fourth-order valence-corrected chi connectivity index (χ4v) is 3.52. The average molecular weight is 443 g/mol. The van der Waals surface area contributed by atoms with Gasteiger partial charge in [-0.1, -0.05) is 78.9 Å². The van der Waals surface area contributed by atoms with Crippen LogP contribution in [0, 0.1) is 0 Å². The first-order valence-corrected chi connectivity index (χ1v) is 11.1. The maximum atomic E-state index is 13.0. The smallest absolute Gasteiger partial charge is 0.309 e. The Kier molecular flexibility index (Phi) is 7.15. The molecular weight excluding hydrogens is 416 g/mol. The average Bonchev–Trinajstić information content (AvgIpc) is 3.67. The lowest BCUT2D eigenvalue weighted by Gasteiger charge is -2.22. The van der Waals surface area contributed by atoms with Crippen molar-refractivity contribution >= 4 is 17.8 Å². The van der Waals surface area contributed by atoms with Crippen LogP contribution >= 0.6 is 0 Å². The molecule has 0 radical (unpaired) electrons. The zero-order valence-corrected chi connectivity index (χ0v) is 18.1. The molecule has 1 saturated carbocycles. The van der Waals surface area contributed by atoms with Gasteiger partial charge in [-0.15, -0.1) is 0 Å². The Morgan fingerprint density at radius 2 is 1.33 bits per heavy atom. The van der Waals surface area contributed by atoms with Crippen LogP contribution in [0.25, 0.3) is 0 Å². The van der Waals surface area contributed by atoms with Crippen LogP contribution in [0.1, 0.15) is 52.9 Å². The first-order valence-electron chi connectivity index (χ1n) is 11.1. The number of rotatable bonds is 9. The minimum atomic E-state index is -1.04. The van der Waals surface area contributed by atoms with Gasteiger partial charge in [0, 0.05) is 17.2 Å². The number of carbonyl (C=O) groups excluding carboxylic acids is 3. The molecule has 0 bridgehead atoms. The van der Waals surface area contributed by atoms with Crippen LogP contribution in [0.5, 0.6) is 0 Å². The highest BCUT2D eigenvalue weighted by Gasteiger charge is 2.31. The minimum Gasteiger partial charge on any atom is -0.447 e. The second-order valence-corrected chi connectivity index (χ2v) is 8.07. The highest BCUT2D eigenvalue weighted by Crippen LogP contribution is 2.25. The van der Waals surface area contributed by atoms with Gasteiger partial charge in [0.05, 0.1) is 12.5 Å². The fourth-order valence-electron chi connectivity index (χ4n) is 3.52. The number of amides is 2. The molecule has 33 heavy (non-hydrogen) atoms. The molecule has 2 amide bonds. The summed E-state index contributed by atoms with van der Waals surface area (Å²) in [4.78, 5) is 38.5. The third-order valence-electron chi connectivity index (χ3n) is 5.43. The lowest BCUT2D eigenvalue weighted by atomic mass is 10.0. The van der Waals surface area contributed by atoms with Crippen molar-refractivity contribution in [2.45, 2.75) is 37.5 Å². The number of hydrogen-bond acceptors (Lipinski definition) is 4. The third-order valence-corrected chi connectivity index (χ3v) is 5.43. The molecule has 2 atom stereocenters. The van der Waals surface area contributed by atoms with Gasteiger partial charge in [0.2, 0.25) is 6.10 Å². The van der Waals surface area contributed by atoms with Crippen molar-refractivity contribution in [3.8, 4) is 0 Å². The van der Waals surface area contributed by atoms with Gasteiger partial charge < -0.3 is 15.4 Å². The zero-order chi connectivity index (χ0) is 23.0. The van der Waals surface area contributed by atoms with E-state index in [1.54, 1.807) is 48.5 Å². The van der Waals surface area contributed by atoms with Crippen LogP contribution in [0.2, 0.25) is 0 Å². The number of nitrogens with one attached hydrogen (secondary N) is 2. The summed E-state index contributed by atoms with van der Waals surface area (Å²) >= 11 is 0. The highest BCUT2D eigenvalue weighted by atomic mass is 16.5. The molecule has 3 aromatic carbocycles. The summed E-state index contributed by atoms with van der Waals surface area (Å²) < 4.78 is 5.66. The Hall–Kier alpha value is -3.93. The van der Waals surface area contributed by atoms with Crippen molar-refractivity contribution in [1.82, 2.24) is 10.6 Å². The predicted octanol–water partition coefficient (Wildman–Crippen LogP) is 4.11. The normalized spacial score (nSPS) is 14.5. The summed E-state index contributed by atoms with van der Waals surface area (Å²) in [6, 6.07) is 26.6. The molecule has 1 aliphatic rings. The molecule has 1 aliphatic carbocycles. The monoisotopic (exact) mass is 442 g/mol. The van der Waals surface area contributed by atoms with Gasteiger partial charge in [-0.2, -0.15) is 0 Å². The van der Waals surface area contributed by atoms with Crippen molar-refractivity contribution in [3.05, 3.63) is 108 Å². The summed E-state index contributed by atoms with van der Waals surface area (Å²) in [7, 11) is 0. The number of carbonyl (C=O) groups is 3. The number of benzene rings is 3. The van der Waals surface area contributed by atoms with E-state index in [0.29, 0.717) is 11.1 Å². The molecule has 0 aliphatic heterocycles. The standard InChI is InChI=1S/C27H26N2O4/c30-24(33-25(20-12-6-2-7-13-20)27(32)28-22-16-17-22)18-23(19-10-4-1-5-11-19)29-26(31)21-14-8-3-9-15-21/h1-15,22-23,25H,16-18H2,(H,28,32)(H,29,31). The molecule has 0 saturated heterocycles. The van der Waals surface area contributed by atoms with Crippen LogP contribution in [0.3, 0.4) is 0 Å². The molecule has 6 nitrogen and oxygen atoms in total. The molecule has 0 spiro atoms. The number of ether oxygens (including phenoxy) is 1. The van der Waals surface area contributed by atoms with Gasteiger partial charge in [0.15, 0.2) is 0 Å². The number of hydrogen-bond donors (Lipinski definition) is 2. The molecule has 4 rings (SSSR count). The fraction of sp³-hybridized carbons (Fsp3) is 0.222. The SMILES string of the molecule is O=C(CC(NC(=O)c1ccccc1)c1ccccc1)OC(C(=O)NC1CC1)c1ccccc1. The van der Waals surface area contributed by atoms with E-state index in [9.17, 15) is 14.4 Å². The van der Waals surface area contributed by atoms with E-state index in [1.165, 1.54) is 0 Å². The van der Waals surface area contributed by atoms with Crippen LogP contribution in [0.15, 0.2) is 91.0 Å². The van der Waals surface area contributed by atoms with Crippen molar-refractivity contribution in [3.63, 3.8) is 0 Å². The van der Waals surface area contributed by atoms with Crippen LogP contribution in [-0.4, -0.2) is 23.8 Å². The van der Waals surface area contributed by atoms with E-state index in [2.05, 4.69) is 10.6 Å². The molecule has 168 valence electrons. The molecule has 0 heterocycles. The summed E-state index contributed by atoms with van der Waals surface area (Å²) in [6.45, 7) is 0. The summed E-state index contributed by atoms with van der Waals surface area (Å²) in [6.07, 6.45) is 0.717. The van der Waals surface area contributed by atoms with Gasteiger partial charge in [0.1, 0.15) is 0 Å². The first-order chi connectivity index (χ1) is 16.1. The van der Waals surface area contributed by atoms with Crippen molar-refractivity contribution in [2.24, 2.45) is 0 Å². The van der Waals surface area contributed by atoms with E-state index in [1.807, 2.05) is 42.5 Å². The molecule has 6 heteroatoms. The van der Waals surface area contributed by atoms with Gasteiger partial charge >= 0.3 is 5.97 Å². The second kappa shape index (κ2) is 10.6. The van der Waals surface area contributed by atoms with Crippen LogP contribution < -0.4 is 10.6 Å². The number of esters is 1. The third kappa shape index (κ3) is 6.29. The van der Waals surface area contributed by atoms with E-state index in [4.69, 9.17) is 4.74 Å². The second-order valence-electron chi connectivity index (χ2n) is 8.07. The van der Waals surface area contributed by atoms with Gasteiger partial charge in [-0.25, -0.2) is 0 Å². The summed E-state index contributed by atoms with van der Waals surface area (Å²) in [5, 5.41) is 5.84. The quantitative estimate of drug-likeness (QED) is 0.489. The van der Waals surface area contributed by atoms with Crippen LogP contribution in [0.4, 0.5) is 0 Å². The van der Waals surface area contributed by atoms with E-state index < -0.39 is 18.1 Å². The lowest BCUT2D eigenvalue weighted by Crippen LogP contribution is -2.35. The van der Waals surface area contributed by atoms with Gasteiger partial charge in [-0.05, 0) is 30.5 Å². The van der Waals surface area contributed by atoms with Gasteiger partial charge in [-0.3, -0.25) is 14.4 Å². The maximum absolute atomic E-state index is 13.0. The Balaban J connectivity index is 1.50. The Bertz CT molecular complexity index is 1080. The first kappa shape index (κ1) is 22.3. The van der Waals surface area contributed by atoms with E-state index >= 15 is 0 Å². The molecule has 2 N–H and O–H groups in total. The Morgan fingerprint density at radius 3 is 1.91 bits per heavy atom.